The zero-order valence-corrected chi connectivity index (χ0v) is 10.2. The molecule has 0 aliphatic rings. The Balaban J connectivity index is 2.17. The van der Waals surface area contributed by atoms with E-state index < -0.39 is 0 Å². The monoisotopic (exact) mass is 234 g/mol. The van der Waals surface area contributed by atoms with Crippen molar-refractivity contribution in [3.05, 3.63) is 35.2 Å². The molecule has 1 aromatic heterocycles. The maximum absolute atomic E-state index is 11.8. The summed E-state index contributed by atoms with van der Waals surface area (Å²) in [5.41, 5.74) is 0. The molecule has 0 spiro atoms. The van der Waals surface area contributed by atoms with E-state index in [2.05, 4.69) is 0 Å². The molecular weight excluding hydrogens is 220 g/mol. The molecular formula is C13H14O2S. The van der Waals surface area contributed by atoms with E-state index in [4.69, 9.17) is 4.74 Å². The molecule has 0 fully saturated rings. The minimum absolute atomic E-state index is 0.0647. The average Bonchev–Trinajstić information content (AvgIpc) is 2.69. The van der Waals surface area contributed by atoms with Gasteiger partial charge in [0.25, 0.3) is 0 Å². The van der Waals surface area contributed by atoms with Crippen LogP contribution < -0.4 is 0 Å². The van der Waals surface area contributed by atoms with E-state index in [0.717, 1.165) is 15.0 Å². The summed E-state index contributed by atoms with van der Waals surface area (Å²) in [6.07, 6.45) is 0.0957. The highest BCUT2D eigenvalue weighted by atomic mass is 32.1. The van der Waals surface area contributed by atoms with Gasteiger partial charge >= 0.3 is 0 Å². The molecule has 0 saturated carbocycles. The van der Waals surface area contributed by atoms with Crippen LogP contribution in [0.25, 0.3) is 10.1 Å². The van der Waals surface area contributed by atoms with Crippen LogP contribution in [0.1, 0.15) is 23.5 Å². The molecule has 0 bridgehead atoms. The van der Waals surface area contributed by atoms with Crippen molar-refractivity contribution in [3.8, 4) is 0 Å². The van der Waals surface area contributed by atoms with E-state index in [1.807, 2.05) is 44.2 Å². The number of benzene rings is 1. The largest absolute Gasteiger partial charge is 0.371 e. The third-order valence-corrected chi connectivity index (χ3v) is 3.41. The number of carbonyl (C=O) groups excluding carboxylic acids is 1. The second-order valence-corrected chi connectivity index (χ2v) is 5.02. The first-order valence-electron chi connectivity index (χ1n) is 5.30. The lowest BCUT2D eigenvalue weighted by molar-refractivity contribution is 0.0588. The van der Waals surface area contributed by atoms with Crippen LogP contribution >= 0.6 is 11.3 Å². The fourth-order valence-corrected chi connectivity index (χ4v) is 2.42. The van der Waals surface area contributed by atoms with E-state index in [1.165, 1.54) is 11.3 Å². The van der Waals surface area contributed by atoms with Gasteiger partial charge in [-0.3, -0.25) is 4.79 Å². The summed E-state index contributed by atoms with van der Waals surface area (Å²) in [5.74, 6) is 0.0647. The van der Waals surface area contributed by atoms with Crippen LogP contribution in [0.2, 0.25) is 0 Å². The van der Waals surface area contributed by atoms with Crippen LogP contribution in [-0.4, -0.2) is 18.5 Å². The van der Waals surface area contributed by atoms with Crippen molar-refractivity contribution < 1.29 is 9.53 Å². The fourth-order valence-electron chi connectivity index (χ4n) is 1.43. The molecule has 84 valence electrons. The first-order valence-corrected chi connectivity index (χ1v) is 6.12. The minimum atomic E-state index is 0.0647. The van der Waals surface area contributed by atoms with Gasteiger partial charge in [-0.2, -0.15) is 0 Å². The van der Waals surface area contributed by atoms with Crippen molar-refractivity contribution in [2.75, 3.05) is 6.61 Å². The van der Waals surface area contributed by atoms with Crippen LogP contribution in [0, 0.1) is 0 Å². The van der Waals surface area contributed by atoms with Gasteiger partial charge in [0, 0.05) is 4.70 Å². The Morgan fingerprint density at radius 1 is 1.38 bits per heavy atom. The number of hydrogen-bond donors (Lipinski definition) is 0. The summed E-state index contributed by atoms with van der Waals surface area (Å²) in [7, 11) is 0. The Hall–Kier alpha value is -1.19. The highest BCUT2D eigenvalue weighted by Gasteiger charge is 2.10. The molecule has 0 radical (unpaired) electrons. The Labute approximate surface area is 98.9 Å². The van der Waals surface area contributed by atoms with E-state index >= 15 is 0 Å². The summed E-state index contributed by atoms with van der Waals surface area (Å²) in [5, 5.41) is 1.13. The molecule has 0 atom stereocenters. The lowest BCUT2D eigenvalue weighted by Gasteiger charge is -2.04. The zero-order chi connectivity index (χ0) is 11.5. The number of ketones is 1. The highest BCUT2D eigenvalue weighted by molar-refractivity contribution is 7.20. The van der Waals surface area contributed by atoms with Crippen molar-refractivity contribution in [1.82, 2.24) is 0 Å². The van der Waals surface area contributed by atoms with Crippen molar-refractivity contribution in [2.45, 2.75) is 20.0 Å². The average molecular weight is 234 g/mol. The molecule has 2 aromatic rings. The topological polar surface area (TPSA) is 26.3 Å². The van der Waals surface area contributed by atoms with Gasteiger partial charge in [-0.1, -0.05) is 18.2 Å². The van der Waals surface area contributed by atoms with Crippen molar-refractivity contribution in [3.63, 3.8) is 0 Å². The van der Waals surface area contributed by atoms with Gasteiger partial charge < -0.3 is 4.74 Å². The molecule has 0 unspecified atom stereocenters. The highest BCUT2D eigenvalue weighted by Crippen LogP contribution is 2.25. The number of Topliss-reactive ketones (excluding diaryl/α,β-unsaturated/α-hetero) is 1. The number of rotatable bonds is 4. The Morgan fingerprint density at radius 2 is 2.12 bits per heavy atom. The van der Waals surface area contributed by atoms with Crippen molar-refractivity contribution in [2.24, 2.45) is 0 Å². The van der Waals surface area contributed by atoms with Gasteiger partial charge in [0.15, 0.2) is 5.78 Å². The minimum Gasteiger partial charge on any atom is -0.371 e. The van der Waals surface area contributed by atoms with Gasteiger partial charge in [0.1, 0.15) is 6.61 Å². The van der Waals surface area contributed by atoms with Gasteiger partial charge in [-0.25, -0.2) is 0 Å². The second kappa shape index (κ2) is 4.76. The Bertz CT molecular complexity index is 466. The maximum atomic E-state index is 11.8. The summed E-state index contributed by atoms with van der Waals surface area (Å²) >= 11 is 1.53. The number of carbonyl (C=O) groups is 1. The van der Waals surface area contributed by atoms with Crippen LogP contribution in [0.15, 0.2) is 30.3 Å². The van der Waals surface area contributed by atoms with E-state index in [9.17, 15) is 4.79 Å². The molecule has 2 nitrogen and oxygen atoms in total. The maximum Gasteiger partial charge on any atom is 0.198 e. The number of hydrogen-bond acceptors (Lipinski definition) is 3. The van der Waals surface area contributed by atoms with E-state index in [0.29, 0.717) is 0 Å². The molecule has 16 heavy (non-hydrogen) atoms. The third-order valence-electron chi connectivity index (χ3n) is 2.25. The zero-order valence-electron chi connectivity index (χ0n) is 9.40. The fraction of sp³-hybridized carbons (Fsp3) is 0.308. The molecule has 1 aromatic carbocycles. The van der Waals surface area contributed by atoms with Crippen LogP contribution in [0.5, 0.6) is 0 Å². The van der Waals surface area contributed by atoms with Crippen LogP contribution in [-0.2, 0) is 4.74 Å². The summed E-state index contributed by atoms with van der Waals surface area (Å²) < 4.78 is 6.46. The standard InChI is InChI=1S/C13H14O2S/c1-9(2)15-8-11(14)13-7-10-5-3-4-6-12(10)16-13/h3-7,9H,8H2,1-2H3. The molecule has 1 heterocycles. The number of ether oxygens (including phenoxy) is 1. The summed E-state index contributed by atoms with van der Waals surface area (Å²) in [6, 6.07) is 9.95. The van der Waals surface area contributed by atoms with E-state index in [-0.39, 0.29) is 18.5 Å². The van der Waals surface area contributed by atoms with Gasteiger partial charge in [-0.05, 0) is 31.4 Å². The van der Waals surface area contributed by atoms with E-state index in [1.54, 1.807) is 0 Å². The van der Waals surface area contributed by atoms with Crippen molar-refractivity contribution >= 4 is 27.2 Å². The number of fused-ring (bicyclic) bond motifs is 1. The van der Waals surface area contributed by atoms with Crippen LogP contribution in [0.3, 0.4) is 0 Å². The summed E-state index contributed by atoms with van der Waals surface area (Å²) in [6.45, 7) is 4.03. The molecule has 0 N–H and O–H groups in total. The molecule has 0 saturated heterocycles. The Kier molecular flexibility index (Phi) is 3.36. The Morgan fingerprint density at radius 3 is 2.81 bits per heavy atom. The number of thiophene rings is 1. The molecule has 0 aliphatic heterocycles. The molecule has 2 rings (SSSR count). The lowest BCUT2D eigenvalue weighted by Crippen LogP contribution is -2.12. The first-order chi connectivity index (χ1) is 7.66. The van der Waals surface area contributed by atoms with Gasteiger partial charge in [0.2, 0.25) is 0 Å². The predicted octanol–water partition coefficient (Wildman–Crippen LogP) is 3.51. The third kappa shape index (κ3) is 2.49. The quantitative estimate of drug-likeness (QED) is 0.757. The van der Waals surface area contributed by atoms with Crippen LogP contribution in [0.4, 0.5) is 0 Å². The lowest BCUT2D eigenvalue weighted by atomic mass is 10.2. The molecule has 0 amide bonds. The predicted molar refractivity (Wildman–Crippen MR) is 67.2 cm³/mol. The normalized spacial score (nSPS) is 11.2. The van der Waals surface area contributed by atoms with Gasteiger partial charge in [0.05, 0.1) is 11.0 Å². The SMILES string of the molecule is CC(C)OCC(=O)c1cc2ccccc2s1. The summed E-state index contributed by atoms with van der Waals surface area (Å²) in [4.78, 5) is 12.6. The smallest absolute Gasteiger partial charge is 0.198 e. The molecule has 0 aliphatic carbocycles. The second-order valence-electron chi connectivity index (χ2n) is 3.93. The van der Waals surface area contributed by atoms with Gasteiger partial charge in [-0.15, -0.1) is 11.3 Å². The molecule has 3 heteroatoms. The van der Waals surface area contributed by atoms with Crippen molar-refractivity contribution in [1.29, 1.82) is 0 Å². The first kappa shape index (κ1) is 11.3.